The summed E-state index contributed by atoms with van der Waals surface area (Å²) in [4.78, 5) is 11.2. The number of carbonyl (C=O) groups is 1. The molecule has 0 bridgehead atoms. The lowest BCUT2D eigenvalue weighted by Crippen LogP contribution is -2.36. The Balaban J connectivity index is 0.000000980. The lowest BCUT2D eigenvalue weighted by Gasteiger charge is -2.14. The maximum absolute atomic E-state index is 11.2. The van der Waals surface area contributed by atoms with Gasteiger partial charge in [-0.3, -0.25) is 4.79 Å². The van der Waals surface area contributed by atoms with Crippen molar-refractivity contribution in [2.45, 2.75) is 13.0 Å². The Morgan fingerprint density at radius 2 is 2.29 bits per heavy atom. The predicted octanol–water partition coefficient (Wildman–Crippen LogP) is -1.06. The van der Waals surface area contributed by atoms with Crippen LogP contribution in [0.4, 0.5) is 0 Å². The van der Waals surface area contributed by atoms with Crippen LogP contribution < -0.4 is 11.1 Å². The first kappa shape index (κ1) is 10.9. The van der Waals surface area contributed by atoms with Crippen molar-refractivity contribution in [2.24, 2.45) is 5.73 Å². The van der Waals surface area contributed by atoms with Crippen LogP contribution in [0.3, 0.4) is 0 Å². The maximum atomic E-state index is 11.2. The summed E-state index contributed by atoms with van der Waals surface area (Å²) in [5, 5.41) is 10.4. The fourth-order valence-corrected chi connectivity index (χ4v) is 1.41. The van der Waals surface area contributed by atoms with Crippen LogP contribution in [0.25, 0.3) is 0 Å². The normalized spacial score (nSPS) is 14.2. The van der Waals surface area contributed by atoms with Crippen LogP contribution in [0.1, 0.15) is 16.4 Å². The summed E-state index contributed by atoms with van der Waals surface area (Å²) in [6.07, 6.45) is 0.667. The van der Waals surface area contributed by atoms with Gasteiger partial charge < -0.3 is 15.6 Å². The Bertz CT molecular complexity index is 337. The molecular weight excluding hydrogens is 206 g/mol. The molecule has 0 saturated carbocycles. The van der Waals surface area contributed by atoms with Crippen LogP contribution in [0.2, 0.25) is 0 Å². The van der Waals surface area contributed by atoms with Crippen LogP contribution in [0.5, 0.6) is 0 Å². The number of nitrogens with two attached hydrogens (primary N) is 1. The third-order valence-electron chi connectivity index (χ3n) is 2.02. The average Bonchev–Trinajstić information content (AvgIpc) is 2.51. The van der Waals surface area contributed by atoms with E-state index in [2.05, 4.69) is 15.5 Å². The first-order valence-corrected chi connectivity index (χ1v) is 4.23. The van der Waals surface area contributed by atoms with E-state index in [9.17, 15) is 4.79 Å². The van der Waals surface area contributed by atoms with Gasteiger partial charge in [0.1, 0.15) is 5.82 Å². The number of nitrogens with one attached hydrogen (secondary N) is 1. The number of carbonyl (C=O) groups excluding carboxylic acids is 1. The number of rotatable bonds is 2. The Kier molecular flexibility index (Phi) is 3.43. The molecule has 1 amide bonds. The zero-order valence-corrected chi connectivity index (χ0v) is 8.38. The zero-order chi connectivity index (χ0) is 9.26. The second-order valence-electron chi connectivity index (χ2n) is 2.89. The fraction of sp³-hybridized carbons (Fsp3) is 0.571. The third-order valence-corrected chi connectivity index (χ3v) is 2.02. The van der Waals surface area contributed by atoms with Crippen molar-refractivity contribution < 1.29 is 4.79 Å². The van der Waals surface area contributed by atoms with Gasteiger partial charge in [0, 0.05) is 19.5 Å². The molecular formula is C7H12ClN5O. The van der Waals surface area contributed by atoms with Gasteiger partial charge in [0.05, 0.1) is 0 Å². The zero-order valence-electron chi connectivity index (χ0n) is 7.56. The van der Waals surface area contributed by atoms with Gasteiger partial charge in [0.15, 0.2) is 0 Å². The Labute approximate surface area is 87.3 Å². The molecule has 0 aliphatic carbocycles. The maximum Gasteiger partial charge on any atom is 0.289 e. The quantitative estimate of drug-likeness (QED) is 0.662. The van der Waals surface area contributed by atoms with Gasteiger partial charge in [0.2, 0.25) is 5.82 Å². The summed E-state index contributed by atoms with van der Waals surface area (Å²) in [5.74, 6) is 1.05. The molecule has 0 saturated heterocycles. The SMILES string of the molecule is Cl.NCCc1nnc2n1CCNC2=O. The number of hydrogen-bond donors (Lipinski definition) is 2. The molecule has 7 heteroatoms. The predicted molar refractivity (Wildman–Crippen MR) is 52.4 cm³/mol. The van der Waals surface area contributed by atoms with Gasteiger partial charge in [-0.1, -0.05) is 0 Å². The highest BCUT2D eigenvalue weighted by atomic mass is 35.5. The van der Waals surface area contributed by atoms with Crippen LogP contribution in [0.15, 0.2) is 0 Å². The summed E-state index contributed by atoms with van der Waals surface area (Å²) in [6.45, 7) is 1.91. The number of aromatic nitrogens is 3. The highest BCUT2D eigenvalue weighted by Crippen LogP contribution is 2.05. The molecule has 0 atom stereocenters. The molecule has 78 valence electrons. The number of halogens is 1. The minimum Gasteiger partial charge on any atom is -0.348 e. The van der Waals surface area contributed by atoms with E-state index in [1.165, 1.54) is 0 Å². The third kappa shape index (κ3) is 1.71. The Morgan fingerprint density at radius 1 is 1.50 bits per heavy atom. The van der Waals surface area contributed by atoms with Crippen molar-refractivity contribution in [1.82, 2.24) is 20.1 Å². The number of hydrogen-bond acceptors (Lipinski definition) is 4. The molecule has 0 fully saturated rings. The molecule has 1 aliphatic heterocycles. The Morgan fingerprint density at radius 3 is 3.00 bits per heavy atom. The molecule has 0 aromatic carbocycles. The van der Waals surface area contributed by atoms with Crippen molar-refractivity contribution in [1.29, 1.82) is 0 Å². The number of amides is 1. The molecule has 2 rings (SSSR count). The standard InChI is InChI=1S/C7H11N5O.ClH/c8-2-1-5-10-11-6-7(13)9-3-4-12(5)6;/h1-4,8H2,(H,9,13);1H. The number of nitrogens with zero attached hydrogens (tertiary/aromatic N) is 3. The fourth-order valence-electron chi connectivity index (χ4n) is 1.41. The summed E-state index contributed by atoms with van der Waals surface area (Å²) >= 11 is 0. The van der Waals surface area contributed by atoms with Crippen molar-refractivity contribution in [3.63, 3.8) is 0 Å². The van der Waals surface area contributed by atoms with E-state index in [-0.39, 0.29) is 18.3 Å². The lowest BCUT2D eigenvalue weighted by molar-refractivity contribution is 0.0921. The van der Waals surface area contributed by atoms with Crippen molar-refractivity contribution in [3.8, 4) is 0 Å². The van der Waals surface area contributed by atoms with Gasteiger partial charge in [-0.15, -0.1) is 22.6 Å². The van der Waals surface area contributed by atoms with E-state index in [1.807, 2.05) is 4.57 Å². The molecule has 0 unspecified atom stereocenters. The van der Waals surface area contributed by atoms with Crippen LogP contribution >= 0.6 is 12.4 Å². The first-order valence-electron chi connectivity index (χ1n) is 4.23. The summed E-state index contributed by atoms with van der Waals surface area (Å²) in [6, 6.07) is 0. The highest BCUT2D eigenvalue weighted by molar-refractivity contribution is 5.91. The van der Waals surface area contributed by atoms with Crippen molar-refractivity contribution in [3.05, 3.63) is 11.6 Å². The topological polar surface area (TPSA) is 85.8 Å². The van der Waals surface area contributed by atoms with Crippen molar-refractivity contribution >= 4 is 18.3 Å². The molecule has 0 spiro atoms. The molecule has 3 N–H and O–H groups in total. The molecule has 1 aromatic heterocycles. The molecule has 2 heterocycles. The highest BCUT2D eigenvalue weighted by Gasteiger charge is 2.21. The van der Waals surface area contributed by atoms with Gasteiger partial charge in [-0.2, -0.15) is 0 Å². The molecule has 1 aromatic rings. The van der Waals surface area contributed by atoms with Gasteiger partial charge in [0.25, 0.3) is 5.91 Å². The smallest absolute Gasteiger partial charge is 0.289 e. The van der Waals surface area contributed by atoms with E-state index >= 15 is 0 Å². The molecule has 0 radical (unpaired) electrons. The minimum atomic E-state index is -0.151. The van der Waals surface area contributed by atoms with Crippen molar-refractivity contribution in [2.75, 3.05) is 13.1 Å². The monoisotopic (exact) mass is 217 g/mol. The molecule has 14 heavy (non-hydrogen) atoms. The molecule has 6 nitrogen and oxygen atoms in total. The minimum absolute atomic E-state index is 0. The second-order valence-corrected chi connectivity index (χ2v) is 2.89. The molecule has 1 aliphatic rings. The average molecular weight is 218 g/mol. The summed E-state index contributed by atoms with van der Waals surface area (Å²) < 4.78 is 1.83. The summed E-state index contributed by atoms with van der Waals surface area (Å²) in [5.41, 5.74) is 5.41. The second kappa shape index (κ2) is 4.39. The van der Waals surface area contributed by atoms with Gasteiger partial charge in [-0.05, 0) is 6.54 Å². The van der Waals surface area contributed by atoms with Crippen LogP contribution in [0, 0.1) is 0 Å². The lowest BCUT2D eigenvalue weighted by atomic mass is 10.3. The van der Waals surface area contributed by atoms with Crippen LogP contribution in [-0.2, 0) is 13.0 Å². The summed E-state index contributed by atoms with van der Waals surface area (Å²) in [7, 11) is 0. The van der Waals surface area contributed by atoms with Crippen LogP contribution in [-0.4, -0.2) is 33.8 Å². The van der Waals surface area contributed by atoms with Gasteiger partial charge in [-0.25, -0.2) is 0 Å². The van der Waals surface area contributed by atoms with E-state index in [1.54, 1.807) is 0 Å². The van der Waals surface area contributed by atoms with E-state index in [0.717, 1.165) is 12.4 Å². The Hall–Kier alpha value is -1.14. The van der Waals surface area contributed by atoms with E-state index < -0.39 is 0 Å². The largest absolute Gasteiger partial charge is 0.348 e. The van der Waals surface area contributed by atoms with Gasteiger partial charge >= 0.3 is 0 Å². The van der Waals surface area contributed by atoms with E-state index in [4.69, 9.17) is 5.73 Å². The number of fused-ring (bicyclic) bond motifs is 1. The van der Waals surface area contributed by atoms with E-state index in [0.29, 0.717) is 25.3 Å². The first-order chi connectivity index (χ1) is 6.33.